The van der Waals surface area contributed by atoms with E-state index in [1.54, 1.807) is 23.3 Å². The van der Waals surface area contributed by atoms with Crippen LogP contribution in [0.25, 0.3) is 0 Å². The molecule has 0 saturated carbocycles. The maximum Gasteiger partial charge on any atom is 0.238 e. The highest BCUT2D eigenvalue weighted by Gasteiger charge is 2.35. The molecule has 0 bridgehead atoms. The van der Waals surface area contributed by atoms with E-state index in [1.807, 2.05) is 24.3 Å². The second kappa shape index (κ2) is 5.65. The van der Waals surface area contributed by atoms with Gasteiger partial charge in [-0.15, -0.1) is 11.8 Å². The number of benzene rings is 1. The van der Waals surface area contributed by atoms with Crippen LogP contribution in [-0.2, 0) is 9.59 Å². The van der Waals surface area contributed by atoms with Crippen LogP contribution in [0.1, 0.15) is 18.1 Å². The molecule has 0 radical (unpaired) electrons. The molecule has 1 aromatic heterocycles. The second-order valence-electron chi connectivity index (χ2n) is 4.67. The maximum atomic E-state index is 12.1. The van der Waals surface area contributed by atoms with Gasteiger partial charge in [0, 0.05) is 18.3 Å². The normalized spacial score (nSPS) is 18.0. The number of anilines is 2. The Hall–Kier alpha value is -2.21. The number of nitrogens with one attached hydrogen (secondary N) is 1. The average Bonchev–Trinajstić information content (AvgIpc) is 3.08. The Labute approximate surface area is 126 Å². The fourth-order valence-electron chi connectivity index (χ4n) is 2.25. The van der Waals surface area contributed by atoms with Crippen molar-refractivity contribution < 1.29 is 14.0 Å². The Morgan fingerprint density at radius 2 is 2.10 bits per heavy atom. The Morgan fingerprint density at radius 3 is 2.71 bits per heavy atom. The number of furan rings is 1. The molecule has 5 nitrogen and oxygen atoms in total. The van der Waals surface area contributed by atoms with Gasteiger partial charge in [-0.05, 0) is 36.4 Å². The fraction of sp³-hybridized carbons (Fsp3) is 0.200. The van der Waals surface area contributed by atoms with E-state index in [-0.39, 0.29) is 17.2 Å². The fourth-order valence-corrected chi connectivity index (χ4v) is 3.38. The van der Waals surface area contributed by atoms with Gasteiger partial charge in [-0.2, -0.15) is 0 Å². The highest BCUT2D eigenvalue weighted by Crippen LogP contribution is 2.41. The minimum absolute atomic E-state index is 0.0497. The van der Waals surface area contributed by atoms with Crippen LogP contribution in [-0.4, -0.2) is 17.6 Å². The molecule has 1 aliphatic heterocycles. The van der Waals surface area contributed by atoms with E-state index in [2.05, 4.69) is 5.32 Å². The lowest BCUT2D eigenvalue weighted by Crippen LogP contribution is -2.27. The van der Waals surface area contributed by atoms with Gasteiger partial charge in [0.2, 0.25) is 11.8 Å². The molecule has 1 saturated heterocycles. The van der Waals surface area contributed by atoms with Gasteiger partial charge in [-0.25, -0.2) is 0 Å². The van der Waals surface area contributed by atoms with Crippen LogP contribution >= 0.6 is 11.8 Å². The summed E-state index contributed by atoms with van der Waals surface area (Å²) in [5.74, 6) is 1.12. The van der Waals surface area contributed by atoms with Gasteiger partial charge in [0.15, 0.2) is 0 Å². The number of amides is 2. The summed E-state index contributed by atoms with van der Waals surface area (Å²) >= 11 is 1.54. The van der Waals surface area contributed by atoms with Crippen molar-refractivity contribution in [2.75, 3.05) is 16.0 Å². The molecule has 1 unspecified atom stereocenters. The van der Waals surface area contributed by atoms with Crippen LogP contribution < -0.4 is 10.2 Å². The first kappa shape index (κ1) is 13.8. The minimum atomic E-state index is -0.140. The van der Waals surface area contributed by atoms with Crippen molar-refractivity contribution in [1.29, 1.82) is 0 Å². The monoisotopic (exact) mass is 302 g/mol. The quantitative estimate of drug-likeness (QED) is 0.946. The highest BCUT2D eigenvalue weighted by atomic mass is 32.2. The number of thioether (sulfide) groups is 1. The van der Waals surface area contributed by atoms with Gasteiger partial charge in [0.05, 0.1) is 12.0 Å². The van der Waals surface area contributed by atoms with E-state index in [0.29, 0.717) is 11.4 Å². The summed E-state index contributed by atoms with van der Waals surface area (Å²) in [6, 6.07) is 10.9. The third-order valence-electron chi connectivity index (χ3n) is 3.12. The smallest absolute Gasteiger partial charge is 0.238 e. The average molecular weight is 302 g/mol. The Morgan fingerprint density at radius 1 is 1.33 bits per heavy atom. The van der Waals surface area contributed by atoms with Crippen LogP contribution in [0.15, 0.2) is 47.1 Å². The lowest BCUT2D eigenvalue weighted by Gasteiger charge is -2.22. The van der Waals surface area contributed by atoms with E-state index in [9.17, 15) is 9.59 Å². The van der Waals surface area contributed by atoms with Gasteiger partial charge in [0.1, 0.15) is 11.1 Å². The predicted octanol–water partition coefficient (Wildman–Crippen LogP) is 3.02. The Bertz CT molecular complexity index is 652. The SMILES string of the molecule is CC(=O)Nc1ccc(N2C(=O)CSC2c2ccco2)cc1. The zero-order valence-corrected chi connectivity index (χ0v) is 12.2. The number of carbonyl (C=O) groups is 2. The summed E-state index contributed by atoms with van der Waals surface area (Å²) < 4.78 is 5.42. The number of hydrogen-bond donors (Lipinski definition) is 1. The second-order valence-corrected chi connectivity index (χ2v) is 5.74. The van der Waals surface area contributed by atoms with E-state index in [0.717, 1.165) is 11.4 Å². The molecule has 108 valence electrons. The van der Waals surface area contributed by atoms with Crippen molar-refractivity contribution in [3.8, 4) is 0 Å². The van der Waals surface area contributed by atoms with E-state index < -0.39 is 0 Å². The Kier molecular flexibility index (Phi) is 3.70. The van der Waals surface area contributed by atoms with Crippen LogP contribution in [0.3, 0.4) is 0 Å². The van der Waals surface area contributed by atoms with E-state index >= 15 is 0 Å². The molecule has 2 heterocycles. The number of hydrogen-bond acceptors (Lipinski definition) is 4. The molecule has 2 amide bonds. The molecule has 6 heteroatoms. The van der Waals surface area contributed by atoms with Crippen LogP contribution in [0, 0.1) is 0 Å². The maximum absolute atomic E-state index is 12.1. The van der Waals surface area contributed by atoms with Crippen molar-refractivity contribution in [2.45, 2.75) is 12.3 Å². The lowest BCUT2D eigenvalue weighted by atomic mass is 10.2. The molecular weight excluding hydrogens is 288 g/mol. The third kappa shape index (κ3) is 2.80. The van der Waals surface area contributed by atoms with E-state index in [4.69, 9.17) is 4.42 Å². The largest absolute Gasteiger partial charge is 0.466 e. The van der Waals surface area contributed by atoms with Crippen LogP contribution in [0.5, 0.6) is 0 Å². The molecule has 0 aliphatic carbocycles. The molecule has 1 aliphatic rings. The highest BCUT2D eigenvalue weighted by molar-refractivity contribution is 8.00. The molecule has 1 N–H and O–H groups in total. The van der Waals surface area contributed by atoms with Crippen LogP contribution in [0.2, 0.25) is 0 Å². The van der Waals surface area contributed by atoms with Crippen molar-refractivity contribution in [1.82, 2.24) is 0 Å². The van der Waals surface area contributed by atoms with Gasteiger partial charge >= 0.3 is 0 Å². The van der Waals surface area contributed by atoms with Gasteiger partial charge in [-0.3, -0.25) is 14.5 Å². The van der Waals surface area contributed by atoms with Crippen LogP contribution in [0.4, 0.5) is 11.4 Å². The molecule has 3 rings (SSSR count). The minimum Gasteiger partial charge on any atom is -0.466 e. The van der Waals surface area contributed by atoms with Crippen molar-refractivity contribution in [2.24, 2.45) is 0 Å². The Balaban J connectivity index is 1.86. The summed E-state index contributed by atoms with van der Waals surface area (Å²) in [6.45, 7) is 1.46. The number of nitrogens with zero attached hydrogens (tertiary/aromatic N) is 1. The van der Waals surface area contributed by atoms with Crippen molar-refractivity contribution in [3.63, 3.8) is 0 Å². The molecule has 2 aromatic rings. The lowest BCUT2D eigenvalue weighted by molar-refractivity contribution is -0.116. The zero-order valence-electron chi connectivity index (χ0n) is 11.4. The van der Waals surface area contributed by atoms with Gasteiger partial charge in [-0.1, -0.05) is 0 Å². The summed E-state index contributed by atoms with van der Waals surface area (Å²) in [6.07, 6.45) is 1.61. The first-order chi connectivity index (χ1) is 10.1. The topological polar surface area (TPSA) is 62.6 Å². The molecule has 0 spiro atoms. The third-order valence-corrected chi connectivity index (χ3v) is 4.29. The summed E-state index contributed by atoms with van der Waals surface area (Å²) in [5, 5.41) is 2.57. The van der Waals surface area contributed by atoms with Crippen molar-refractivity contribution in [3.05, 3.63) is 48.4 Å². The number of carbonyl (C=O) groups excluding carboxylic acids is 2. The first-order valence-corrected chi connectivity index (χ1v) is 7.55. The molecule has 21 heavy (non-hydrogen) atoms. The summed E-state index contributed by atoms with van der Waals surface area (Å²) in [7, 11) is 0. The predicted molar refractivity (Wildman–Crippen MR) is 82.1 cm³/mol. The van der Waals surface area contributed by atoms with Gasteiger partial charge < -0.3 is 9.73 Å². The first-order valence-electron chi connectivity index (χ1n) is 6.50. The summed E-state index contributed by atoms with van der Waals surface area (Å²) in [4.78, 5) is 24.9. The van der Waals surface area contributed by atoms with Gasteiger partial charge in [0.25, 0.3) is 0 Å². The van der Waals surface area contributed by atoms with E-state index in [1.165, 1.54) is 18.7 Å². The standard InChI is InChI=1S/C15H14N2O3S/c1-10(18)16-11-4-6-12(7-5-11)17-14(19)9-21-15(17)13-3-2-8-20-13/h2-8,15H,9H2,1H3,(H,16,18). The zero-order chi connectivity index (χ0) is 14.8. The molecule has 1 fully saturated rings. The molecular formula is C15H14N2O3S. The van der Waals surface area contributed by atoms with Crippen molar-refractivity contribution >= 4 is 35.0 Å². The number of rotatable bonds is 3. The molecule has 1 aromatic carbocycles. The molecule has 1 atom stereocenters. The summed E-state index contributed by atoms with van der Waals surface area (Å²) in [5.41, 5.74) is 1.50.